The Labute approximate surface area is 166 Å². The third-order valence-electron chi connectivity index (χ3n) is 4.71. The standard InChI is InChI=1S/C24H25NO3/c1-17-5-11-23(28-4)21(13-17)16-25(2)24(26)12-7-18-6-8-20-15-22(27-3)10-9-19(20)14-18/h5-15H,16H2,1-4H3/b12-7+. The van der Waals surface area contributed by atoms with E-state index in [1.807, 2.05) is 61.5 Å². The summed E-state index contributed by atoms with van der Waals surface area (Å²) in [5.41, 5.74) is 3.11. The number of carbonyl (C=O) groups excluding carboxylic acids is 1. The number of aryl methyl sites for hydroxylation is 1. The lowest BCUT2D eigenvalue weighted by Gasteiger charge is -2.17. The molecule has 0 heterocycles. The topological polar surface area (TPSA) is 38.8 Å². The number of benzene rings is 3. The molecule has 0 aromatic heterocycles. The van der Waals surface area contributed by atoms with E-state index in [1.54, 1.807) is 32.2 Å². The van der Waals surface area contributed by atoms with Crippen LogP contribution in [0.3, 0.4) is 0 Å². The smallest absolute Gasteiger partial charge is 0.246 e. The van der Waals surface area contributed by atoms with E-state index in [9.17, 15) is 4.79 Å². The molecule has 0 saturated carbocycles. The average Bonchev–Trinajstić information content (AvgIpc) is 2.71. The van der Waals surface area contributed by atoms with Crippen molar-refractivity contribution in [2.45, 2.75) is 13.5 Å². The Morgan fingerprint density at radius 3 is 2.46 bits per heavy atom. The first-order valence-electron chi connectivity index (χ1n) is 9.14. The fourth-order valence-corrected chi connectivity index (χ4v) is 3.13. The van der Waals surface area contributed by atoms with Crippen molar-refractivity contribution in [3.05, 3.63) is 77.4 Å². The van der Waals surface area contributed by atoms with Gasteiger partial charge in [0.25, 0.3) is 0 Å². The van der Waals surface area contributed by atoms with Gasteiger partial charge in [-0.15, -0.1) is 0 Å². The summed E-state index contributed by atoms with van der Waals surface area (Å²) in [7, 11) is 5.10. The molecule has 3 rings (SSSR count). The Morgan fingerprint density at radius 1 is 0.964 bits per heavy atom. The summed E-state index contributed by atoms with van der Waals surface area (Å²) in [5, 5.41) is 2.21. The van der Waals surface area contributed by atoms with E-state index in [0.29, 0.717) is 6.54 Å². The maximum atomic E-state index is 12.5. The van der Waals surface area contributed by atoms with Gasteiger partial charge in [-0.05, 0) is 53.6 Å². The van der Waals surface area contributed by atoms with Gasteiger partial charge in [-0.3, -0.25) is 4.79 Å². The molecule has 0 fully saturated rings. The predicted octanol–water partition coefficient (Wildman–Crippen LogP) is 4.84. The van der Waals surface area contributed by atoms with Gasteiger partial charge < -0.3 is 14.4 Å². The number of carbonyl (C=O) groups is 1. The number of hydrogen-bond acceptors (Lipinski definition) is 3. The predicted molar refractivity (Wildman–Crippen MR) is 114 cm³/mol. The monoisotopic (exact) mass is 375 g/mol. The first-order chi connectivity index (χ1) is 13.5. The van der Waals surface area contributed by atoms with Gasteiger partial charge in [0.1, 0.15) is 11.5 Å². The van der Waals surface area contributed by atoms with Crippen LogP contribution >= 0.6 is 0 Å². The lowest BCUT2D eigenvalue weighted by atomic mass is 10.1. The minimum atomic E-state index is -0.0570. The van der Waals surface area contributed by atoms with Crippen LogP contribution in [0.5, 0.6) is 11.5 Å². The van der Waals surface area contributed by atoms with E-state index in [0.717, 1.165) is 39.0 Å². The zero-order valence-corrected chi connectivity index (χ0v) is 16.7. The quantitative estimate of drug-likeness (QED) is 0.579. The van der Waals surface area contributed by atoms with E-state index in [2.05, 4.69) is 6.07 Å². The first kappa shape index (κ1) is 19.5. The summed E-state index contributed by atoms with van der Waals surface area (Å²) in [6.07, 6.45) is 3.45. The Bertz CT molecular complexity index is 1020. The molecule has 0 N–H and O–H groups in total. The Hall–Kier alpha value is -3.27. The van der Waals surface area contributed by atoms with Gasteiger partial charge in [0.15, 0.2) is 0 Å². The number of fused-ring (bicyclic) bond motifs is 1. The second kappa shape index (κ2) is 8.61. The molecule has 0 unspecified atom stereocenters. The van der Waals surface area contributed by atoms with E-state index in [-0.39, 0.29) is 5.91 Å². The SMILES string of the molecule is COc1ccc2cc(/C=C/C(=O)N(C)Cc3cc(C)ccc3OC)ccc2c1. The summed E-state index contributed by atoms with van der Waals surface area (Å²) in [6, 6.07) is 18.0. The zero-order chi connectivity index (χ0) is 20.1. The number of ether oxygens (including phenoxy) is 2. The fraction of sp³-hybridized carbons (Fsp3) is 0.208. The number of likely N-dealkylation sites (N-methyl/N-ethyl adjacent to an activating group) is 1. The minimum Gasteiger partial charge on any atom is -0.497 e. The summed E-state index contributed by atoms with van der Waals surface area (Å²) < 4.78 is 10.7. The maximum Gasteiger partial charge on any atom is 0.246 e. The van der Waals surface area contributed by atoms with Crippen molar-refractivity contribution in [1.82, 2.24) is 4.90 Å². The summed E-state index contributed by atoms with van der Waals surface area (Å²) in [5.74, 6) is 1.57. The van der Waals surface area contributed by atoms with Gasteiger partial charge in [-0.2, -0.15) is 0 Å². The molecule has 0 aliphatic rings. The van der Waals surface area contributed by atoms with Crippen molar-refractivity contribution in [2.75, 3.05) is 21.3 Å². The second-order valence-corrected chi connectivity index (χ2v) is 6.82. The molecule has 0 spiro atoms. The molecule has 28 heavy (non-hydrogen) atoms. The van der Waals surface area contributed by atoms with Crippen molar-refractivity contribution < 1.29 is 14.3 Å². The molecule has 0 radical (unpaired) electrons. The molecule has 4 nitrogen and oxygen atoms in total. The molecule has 3 aromatic carbocycles. The Balaban J connectivity index is 1.72. The summed E-state index contributed by atoms with van der Waals surface area (Å²) >= 11 is 0. The number of nitrogens with zero attached hydrogens (tertiary/aromatic N) is 1. The molecule has 1 amide bonds. The van der Waals surface area contributed by atoms with Gasteiger partial charge in [0.2, 0.25) is 5.91 Å². The second-order valence-electron chi connectivity index (χ2n) is 6.82. The number of hydrogen-bond donors (Lipinski definition) is 0. The van der Waals surface area contributed by atoms with E-state index in [1.165, 1.54) is 0 Å². The van der Waals surface area contributed by atoms with Gasteiger partial charge in [0, 0.05) is 25.2 Å². The summed E-state index contributed by atoms with van der Waals surface area (Å²) in [4.78, 5) is 14.2. The van der Waals surface area contributed by atoms with Crippen LogP contribution in [0.2, 0.25) is 0 Å². The molecule has 144 valence electrons. The first-order valence-corrected chi connectivity index (χ1v) is 9.14. The van der Waals surface area contributed by atoms with Crippen molar-refractivity contribution in [1.29, 1.82) is 0 Å². The lowest BCUT2D eigenvalue weighted by molar-refractivity contribution is -0.125. The van der Waals surface area contributed by atoms with Crippen LogP contribution in [0.25, 0.3) is 16.8 Å². The summed E-state index contributed by atoms with van der Waals surface area (Å²) in [6.45, 7) is 2.52. The molecule has 0 atom stereocenters. The highest BCUT2D eigenvalue weighted by Crippen LogP contribution is 2.23. The van der Waals surface area contributed by atoms with Crippen LogP contribution in [0, 0.1) is 6.92 Å². The van der Waals surface area contributed by atoms with Gasteiger partial charge in [0.05, 0.1) is 14.2 Å². The zero-order valence-electron chi connectivity index (χ0n) is 16.7. The van der Waals surface area contributed by atoms with E-state index >= 15 is 0 Å². The Morgan fingerprint density at radius 2 is 1.71 bits per heavy atom. The number of rotatable bonds is 6. The molecule has 0 saturated heterocycles. The van der Waals surface area contributed by atoms with Crippen LogP contribution in [0.1, 0.15) is 16.7 Å². The molecular weight excluding hydrogens is 350 g/mol. The third kappa shape index (κ3) is 4.52. The van der Waals surface area contributed by atoms with Gasteiger partial charge in [-0.1, -0.05) is 35.9 Å². The molecular formula is C24H25NO3. The average molecular weight is 375 g/mol. The van der Waals surface area contributed by atoms with Crippen LogP contribution in [-0.4, -0.2) is 32.1 Å². The molecule has 0 aliphatic carbocycles. The third-order valence-corrected chi connectivity index (χ3v) is 4.71. The van der Waals surface area contributed by atoms with E-state index < -0.39 is 0 Å². The van der Waals surface area contributed by atoms with Crippen LogP contribution < -0.4 is 9.47 Å². The van der Waals surface area contributed by atoms with Crippen molar-refractivity contribution in [2.24, 2.45) is 0 Å². The number of methoxy groups -OCH3 is 2. The lowest BCUT2D eigenvalue weighted by Crippen LogP contribution is -2.24. The molecule has 0 aliphatic heterocycles. The molecule has 0 bridgehead atoms. The van der Waals surface area contributed by atoms with Crippen LogP contribution in [-0.2, 0) is 11.3 Å². The number of amides is 1. The maximum absolute atomic E-state index is 12.5. The largest absolute Gasteiger partial charge is 0.497 e. The van der Waals surface area contributed by atoms with Crippen LogP contribution in [0.4, 0.5) is 0 Å². The highest BCUT2D eigenvalue weighted by molar-refractivity contribution is 5.93. The molecule has 3 aromatic rings. The highest BCUT2D eigenvalue weighted by atomic mass is 16.5. The van der Waals surface area contributed by atoms with Gasteiger partial charge in [-0.25, -0.2) is 0 Å². The fourth-order valence-electron chi connectivity index (χ4n) is 3.13. The minimum absolute atomic E-state index is 0.0570. The highest BCUT2D eigenvalue weighted by Gasteiger charge is 2.10. The Kier molecular flexibility index (Phi) is 5.99. The van der Waals surface area contributed by atoms with Crippen LogP contribution in [0.15, 0.2) is 60.7 Å². The van der Waals surface area contributed by atoms with Crippen molar-refractivity contribution >= 4 is 22.8 Å². The molecule has 4 heteroatoms. The van der Waals surface area contributed by atoms with E-state index in [4.69, 9.17) is 9.47 Å². The normalized spacial score (nSPS) is 11.0. The van der Waals surface area contributed by atoms with Gasteiger partial charge >= 0.3 is 0 Å². The van der Waals surface area contributed by atoms with Crippen molar-refractivity contribution in [3.8, 4) is 11.5 Å². The van der Waals surface area contributed by atoms with Crippen molar-refractivity contribution in [3.63, 3.8) is 0 Å².